The lowest BCUT2D eigenvalue weighted by Crippen LogP contribution is -2.23. The molecule has 0 amide bonds. The number of ether oxygens (including phenoxy) is 3. The summed E-state index contributed by atoms with van der Waals surface area (Å²) in [7, 11) is 0. The third-order valence-electron chi connectivity index (χ3n) is 4.87. The highest BCUT2D eigenvalue weighted by molar-refractivity contribution is 6.00. The third kappa shape index (κ3) is 2.72. The van der Waals surface area contributed by atoms with E-state index < -0.39 is 12.1 Å². The topological polar surface area (TPSA) is 82.1 Å². The fraction of sp³-hybridized carbons (Fsp3) is 0.300. The molecule has 0 spiro atoms. The average molecular weight is 354 g/mol. The largest absolute Gasteiger partial charge is 0.484 e. The predicted molar refractivity (Wildman–Crippen MR) is 91.9 cm³/mol. The average Bonchev–Trinajstić information content (AvgIpc) is 2.62. The summed E-state index contributed by atoms with van der Waals surface area (Å²) in [6.45, 7) is 4.26. The van der Waals surface area contributed by atoms with Gasteiger partial charge in [0, 0.05) is 11.1 Å². The molecule has 1 unspecified atom stereocenters. The maximum atomic E-state index is 12.7. The van der Waals surface area contributed by atoms with Crippen molar-refractivity contribution in [3.63, 3.8) is 0 Å². The first-order valence-corrected chi connectivity index (χ1v) is 8.36. The Hall–Kier alpha value is -2.86. The van der Waals surface area contributed by atoms with Crippen molar-refractivity contribution in [2.24, 2.45) is 0 Å². The van der Waals surface area contributed by atoms with Crippen LogP contribution in [0.1, 0.15) is 55.5 Å². The summed E-state index contributed by atoms with van der Waals surface area (Å²) in [6.07, 6.45) is -0.460. The maximum Gasteiger partial charge on any atom is 0.335 e. The summed E-state index contributed by atoms with van der Waals surface area (Å²) in [5.41, 5.74) is 3.97. The Labute approximate surface area is 150 Å². The fourth-order valence-electron chi connectivity index (χ4n) is 3.36. The Morgan fingerprint density at radius 2 is 1.92 bits per heavy atom. The van der Waals surface area contributed by atoms with Gasteiger partial charge >= 0.3 is 5.97 Å². The van der Waals surface area contributed by atoms with Crippen LogP contribution in [0.5, 0.6) is 11.5 Å². The first-order valence-electron chi connectivity index (χ1n) is 8.36. The van der Waals surface area contributed by atoms with Crippen molar-refractivity contribution >= 4 is 11.8 Å². The Bertz CT molecular complexity index is 930. The number of aromatic carboxylic acids is 1. The number of carboxylic acid groups (broad SMARTS) is 1. The van der Waals surface area contributed by atoms with Crippen LogP contribution in [-0.4, -0.2) is 23.7 Å². The van der Waals surface area contributed by atoms with E-state index in [4.69, 9.17) is 14.2 Å². The second kappa shape index (κ2) is 6.14. The van der Waals surface area contributed by atoms with E-state index in [0.717, 1.165) is 11.1 Å². The van der Waals surface area contributed by atoms with Gasteiger partial charge in [-0.3, -0.25) is 4.79 Å². The lowest BCUT2D eigenvalue weighted by Gasteiger charge is -2.29. The van der Waals surface area contributed by atoms with Crippen LogP contribution < -0.4 is 9.47 Å². The van der Waals surface area contributed by atoms with Crippen molar-refractivity contribution in [2.45, 2.75) is 33.0 Å². The molecule has 6 nitrogen and oxygen atoms in total. The van der Waals surface area contributed by atoms with Crippen LogP contribution in [0.3, 0.4) is 0 Å². The SMILES string of the molecule is Cc1cc2c(cc1C)C(=O)CC(c1cc(C(=O)O)cc3c1OCOC3)O2. The minimum absolute atomic E-state index is 0.0270. The van der Waals surface area contributed by atoms with E-state index in [-0.39, 0.29) is 31.2 Å². The van der Waals surface area contributed by atoms with Gasteiger partial charge in [-0.15, -0.1) is 0 Å². The minimum Gasteiger partial charge on any atom is -0.484 e. The lowest BCUT2D eigenvalue weighted by molar-refractivity contribution is -0.0184. The summed E-state index contributed by atoms with van der Waals surface area (Å²) in [4.78, 5) is 24.1. The summed E-state index contributed by atoms with van der Waals surface area (Å²) >= 11 is 0. The molecule has 0 aromatic heterocycles. The number of fused-ring (bicyclic) bond motifs is 2. The number of benzene rings is 2. The molecule has 2 aliphatic rings. The van der Waals surface area contributed by atoms with Gasteiger partial charge < -0.3 is 19.3 Å². The van der Waals surface area contributed by atoms with Crippen molar-refractivity contribution in [2.75, 3.05) is 6.79 Å². The smallest absolute Gasteiger partial charge is 0.335 e. The van der Waals surface area contributed by atoms with Crippen LogP contribution >= 0.6 is 0 Å². The van der Waals surface area contributed by atoms with E-state index in [1.54, 1.807) is 0 Å². The summed E-state index contributed by atoms with van der Waals surface area (Å²) in [5, 5.41) is 9.40. The molecule has 2 aromatic carbocycles. The number of hydrogen-bond donors (Lipinski definition) is 1. The van der Waals surface area contributed by atoms with Crippen LogP contribution in [-0.2, 0) is 11.3 Å². The van der Waals surface area contributed by atoms with Crippen LogP contribution in [0.15, 0.2) is 24.3 Å². The molecule has 0 aliphatic carbocycles. The normalized spacial score (nSPS) is 18.4. The molecule has 0 bridgehead atoms. The number of rotatable bonds is 2. The molecular weight excluding hydrogens is 336 g/mol. The van der Waals surface area contributed by atoms with Gasteiger partial charge in [-0.05, 0) is 49.2 Å². The number of ketones is 1. The monoisotopic (exact) mass is 354 g/mol. The van der Waals surface area contributed by atoms with E-state index in [9.17, 15) is 14.7 Å². The van der Waals surface area contributed by atoms with Gasteiger partial charge in [0.25, 0.3) is 0 Å². The van der Waals surface area contributed by atoms with Crippen molar-refractivity contribution in [3.8, 4) is 11.5 Å². The Kier molecular flexibility index (Phi) is 3.92. The Balaban J connectivity index is 1.80. The maximum absolute atomic E-state index is 12.7. The molecule has 26 heavy (non-hydrogen) atoms. The fourth-order valence-corrected chi connectivity index (χ4v) is 3.36. The third-order valence-corrected chi connectivity index (χ3v) is 4.87. The second-order valence-electron chi connectivity index (χ2n) is 6.64. The first-order chi connectivity index (χ1) is 12.4. The molecule has 4 rings (SSSR count). The van der Waals surface area contributed by atoms with Gasteiger partial charge in [-0.25, -0.2) is 4.79 Å². The highest BCUT2D eigenvalue weighted by Gasteiger charge is 2.32. The summed E-state index contributed by atoms with van der Waals surface area (Å²) in [6, 6.07) is 6.76. The number of aryl methyl sites for hydroxylation is 2. The number of Topliss-reactive ketones (excluding diaryl/α,β-unsaturated/α-hetero) is 1. The molecule has 0 radical (unpaired) electrons. The molecule has 2 aliphatic heterocycles. The molecule has 2 heterocycles. The molecule has 1 atom stereocenters. The van der Waals surface area contributed by atoms with Gasteiger partial charge in [-0.1, -0.05) is 0 Å². The van der Waals surface area contributed by atoms with Gasteiger partial charge in [0.1, 0.15) is 17.6 Å². The van der Waals surface area contributed by atoms with Gasteiger partial charge in [0.15, 0.2) is 12.6 Å². The zero-order valence-electron chi connectivity index (χ0n) is 14.5. The van der Waals surface area contributed by atoms with Crippen LogP contribution in [0.4, 0.5) is 0 Å². The zero-order valence-corrected chi connectivity index (χ0v) is 14.5. The van der Waals surface area contributed by atoms with E-state index in [1.165, 1.54) is 12.1 Å². The first kappa shape index (κ1) is 16.6. The summed E-state index contributed by atoms with van der Waals surface area (Å²) < 4.78 is 16.9. The molecule has 134 valence electrons. The number of carbonyl (C=O) groups excluding carboxylic acids is 1. The van der Waals surface area contributed by atoms with Crippen molar-refractivity contribution in [1.29, 1.82) is 0 Å². The van der Waals surface area contributed by atoms with E-state index in [0.29, 0.717) is 28.2 Å². The quantitative estimate of drug-likeness (QED) is 0.888. The summed E-state index contributed by atoms with van der Waals surface area (Å²) in [5.74, 6) is -0.00302. The van der Waals surface area contributed by atoms with Gasteiger partial charge in [-0.2, -0.15) is 0 Å². The molecule has 0 saturated carbocycles. The van der Waals surface area contributed by atoms with Crippen molar-refractivity contribution in [1.82, 2.24) is 0 Å². The van der Waals surface area contributed by atoms with E-state index >= 15 is 0 Å². The highest BCUT2D eigenvalue weighted by atomic mass is 16.7. The van der Waals surface area contributed by atoms with Gasteiger partial charge in [0.05, 0.1) is 24.2 Å². The van der Waals surface area contributed by atoms with Crippen molar-refractivity contribution in [3.05, 3.63) is 57.6 Å². The molecule has 6 heteroatoms. The van der Waals surface area contributed by atoms with E-state index in [2.05, 4.69) is 0 Å². The lowest BCUT2D eigenvalue weighted by atomic mass is 9.91. The second-order valence-corrected chi connectivity index (χ2v) is 6.64. The van der Waals surface area contributed by atoms with Crippen LogP contribution in [0.25, 0.3) is 0 Å². The minimum atomic E-state index is -1.05. The van der Waals surface area contributed by atoms with Crippen LogP contribution in [0.2, 0.25) is 0 Å². The Morgan fingerprint density at radius 3 is 2.69 bits per heavy atom. The Morgan fingerprint density at radius 1 is 1.15 bits per heavy atom. The van der Waals surface area contributed by atoms with Gasteiger partial charge in [0.2, 0.25) is 0 Å². The molecule has 1 N–H and O–H groups in total. The standard InChI is InChI=1S/C20H18O6/c1-10-3-14-16(21)7-18(26-17(14)4-11(10)2)15-6-12(20(22)23)5-13-8-24-9-25-19(13)15/h3-6,18H,7-9H2,1-2H3,(H,22,23). The highest BCUT2D eigenvalue weighted by Crippen LogP contribution is 2.42. The number of carboxylic acids is 1. The zero-order chi connectivity index (χ0) is 18.4. The van der Waals surface area contributed by atoms with E-state index in [1.807, 2.05) is 26.0 Å². The van der Waals surface area contributed by atoms with Crippen molar-refractivity contribution < 1.29 is 28.9 Å². The predicted octanol–water partition coefficient (Wildman–Crippen LogP) is 3.57. The molecule has 2 aromatic rings. The molecular formula is C20H18O6. The van der Waals surface area contributed by atoms with Crippen LogP contribution in [0, 0.1) is 13.8 Å². The number of carbonyl (C=O) groups is 2. The number of hydrogen-bond acceptors (Lipinski definition) is 5. The molecule has 0 saturated heterocycles. The molecule has 0 fully saturated rings.